The smallest absolute Gasteiger partial charge is 0.264 e. The Morgan fingerprint density at radius 2 is 1.83 bits per heavy atom. The summed E-state index contributed by atoms with van der Waals surface area (Å²) < 4.78 is 27.6. The molecule has 0 aromatic carbocycles. The van der Waals surface area contributed by atoms with Crippen molar-refractivity contribution in [3.05, 3.63) is 12.7 Å². The van der Waals surface area contributed by atoms with Crippen LogP contribution in [-0.2, 0) is 14.9 Å². The first-order chi connectivity index (χ1) is 8.30. The molecular weight excluding hydrogens is 256 g/mol. The monoisotopic (exact) mass is 278 g/mol. The average molecular weight is 278 g/mol. The predicted molar refractivity (Wildman–Crippen MR) is 71.0 cm³/mol. The summed E-state index contributed by atoms with van der Waals surface area (Å²) in [6.45, 7) is 8.75. The highest BCUT2D eigenvalue weighted by Crippen LogP contribution is 1.99. The van der Waals surface area contributed by atoms with Crippen molar-refractivity contribution in [3.8, 4) is 0 Å². The van der Waals surface area contributed by atoms with Crippen molar-refractivity contribution in [3.63, 3.8) is 0 Å². The lowest BCUT2D eigenvalue weighted by Crippen LogP contribution is -2.46. The van der Waals surface area contributed by atoms with E-state index < -0.39 is 10.1 Å². The molecular formula is C11H22N2O4S. The van der Waals surface area contributed by atoms with Crippen molar-refractivity contribution in [2.45, 2.75) is 13.3 Å². The molecule has 1 aliphatic heterocycles. The Labute approximate surface area is 109 Å². The van der Waals surface area contributed by atoms with Crippen LogP contribution in [0.1, 0.15) is 13.3 Å². The molecule has 1 rings (SSSR count). The minimum absolute atomic E-state index is 0.0538. The van der Waals surface area contributed by atoms with Gasteiger partial charge in [0.15, 0.2) is 0 Å². The summed E-state index contributed by atoms with van der Waals surface area (Å²) in [6, 6.07) is 0. The molecule has 0 spiro atoms. The van der Waals surface area contributed by atoms with Gasteiger partial charge in [-0.05, 0) is 19.5 Å². The van der Waals surface area contributed by atoms with Crippen molar-refractivity contribution in [1.29, 1.82) is 0 Å². The van der Waals surface area contributed by atoms with Crippen LogP contribution in [0.15, 0.2) is 12.7 Å². The molecule has 6 nitrogen and oxygen atoms in total. The summed E-state index contributed by atoms with van der Waals surface area (Å²) in [5.41, 5.74) is 0. The van der Waals surface area contributed by atoms with Crippen molar-refractivity contribution < 1.29 is 17.8 Å². The van der Waals surface area contributed by atoms with E-state index in [-0.39, 0.29) is 11.7 Å². The van der Waals surface area contributed by atoms with Gasteiger partial charge in [0.25, 0.3) is 10.1 Å². The van der Waals surface area contributed by atoms with Crippen molar-refractivity contribution in [2.75, 3.05) is 39.0 Å². The molecule has 0 unspecified atom stereocenters. The molecule has 1 heterocycles. The van der Waals surface area contributed by atoms with Gasteiger partial charge in [0.05, 0.1) is 5.75 Å². The van der Waals surface area contributed by atoms with Gasteiger partial charge in [0, 0.05) is 26.2 Å². The van der Waals surface area contributed by atoms with Crippen LogP contribution >= 0.6 is 0 Å². The van der Waals surface area contributed by atoms with Gasteiger partial charge in [-0.1, -0.05) is 13.5 Å². The number of amides is 1. The van der Waals surface area contributed by atoms with Gasteiger partial charge < -0.3 is 9.80 Å². The average Bonchev–Trinajstić information content (AvgIpc) is 2.28. The largest absolute Gasteiger partial charge is 0.337 e. The molecule has 18 heavy (non-hydrogen) atoms. The van der Waals surface area contributed by atoms with Gasteiger partial charge in [-0.25, -0.2) is 0 Å². The normalized spacial score (nSPS) is 16.7. The fraction of sp³-hybridized carbons (Fsp3) is 0.727. The fourth-order valence-corrected chi connectivity index (χ4v) is 1.93. The maximum absolute atomic E-state index is 11.1. The summed E-state index contributed by atoms with van der Waals surface area (Å²) in [7, 11) is -1.61. The first kappa shape index (κ1) is 17.1. The SMILES string of the molecule is C=CC(=O)N1CCN(C)CC1.CCCS(=O)(=O)O. The maximum atomic E-state index is 11.1. The summed E-state index contributed by atoms with van der Waals surface area (Å²) in [6.07, 6.45) is 1.85. The van der Waals surface area contributed by atoms with E-state index in [9.17, 15) is 13.2 Å². The van der Waals surface area contributed by atoms with E-state index in [0.29, 0.717) is 6.42 Å². The second-order valence-corrected chi connectivity index (χ2v) is 5.69. The van der Waals surface area contributed by atoms with E-state index >= 15 is 0 Å². The summed E-state index contributed by atoms with van der Waals surface area (Å²) in [5.74, 6) is -0.0781. The molecule has 0 aromatic heterocycles. The number of carbonyl (C=O) groups excluding carboxylic acids is 1. The minimum Gasteiger partial charge on any atom is -0.337 e. The third kappa shape index (κ3) is 8.21. The topological polar surface area (TPSA) is 77.9 Å². The van der Waals surface area contributed by atoms with Crippen LogP contribution in [0.3, 0.4) is 0 Å². The Morgan fingerprint density at radius 1 is 1.33 bits per heavy atom. The first-order valence-electron chi connectivity index (χ1n) is 5.85. The van der Waals surface area contributed by atoms with Gasteiger partial charge in [0.2, 0.25) is 5.91 Å². The van der Waals surface area contributed by atoms with Gasteiger partial charge in [-0.15, -0.1) is 0 Å². The third-order valence-electron chi connectivity index (χ3n) is 2.45. The summed E-state index contributed by atoms with van der Waals surface area (Å²) >= 11 is 0. The molecule has 0 bridgehead atoms. The molecule has 0 atom stereocenters. The van der Waals surface area contributed by atoms with E-state index in [1.165, 1.54) is 6.08 Å². The molecule has 1 saturated heterocycles. The molecule has 0 aliphatic carbocycles. The Bertz CT molecular complexity index is 359. The second-order valence-electron chi connectivity index (χ2n) is 4.12. The molecule has 7 heteroatoms. The quantitative estimate of drug-likeness (QED) is 0.590. The highest BCUT2D eigenvalue weighted by atomic mass is 32.2. The lowest BCUT2D eigenvalue weighted by Gasteiger charge is -2.31. The fourth-order valence-electron chi connectivity index (χ4n) is 1.41. The number of likely N-dealkylation sites (N-methyl/N-ethyl adjacent to an activating group) is 1. The number of rotatable bonds is 3. The molecule has 1 N–H and O–H groups in total. The zero-order valence-corrected chi connectivity index (χ0v) is 11.8. The minimum atomic E-state index is -3.67. The number of piperazine rings is 1. The van der Waals surface area contributed by atoms with Crippen LogP contribution in [-0.4, -0.2) is 67.7 Å². The summed E-state index contributed by atoms with van der Waals surface area (Å²) in [5, 5.41) is 0. The number of carbonyl (C=O) groups is 1. The van der Waals surface area contributed by atoms with Crippen molar-refractivity contribution in [1.82, 2.24) is 9.80 Å². The Balaban J connectivity index is 0.000000360. The Morgan fingerprint density at radius 3 is 2.11 bits per heavy atom. The van der Waals surface area contributed by atoms with Crippen LogP contribution in [0.4, 0.5) is 0 Å². The lowest BCUT2D eigenvalue weighted by molar-refractivity contribution is -0.127. The van der Waals surface area contributed by atoms with Crippen LogP contribution in [0.2, 0.25) is 0 Å². The van der Waals surface area contributed by atoms with Gasteiger partial charge in [-0.2, -0.15) is 8.42 Å². The zero-order chi connectivity index (χ0) is 14.2. The van der Waals surface area contributed by atoms with Gasteiger partial charge in [-0.3, -0.25) is 9.35 Å². The Kier molecular flexibility index (Phi) is 7.81. The zero-order valence-electron chi connectivity index (χ0n) is 11.0. The van der Waals surface area contributed by atoms with E-state index in [2.05, 4.69) is 18.5 Å². The van der Waals surface area contributed by atoms with Crippen molar-refractivity contribution >= 4 is 16.0 Å². The number of hydrogen-bond donors (Lipinski definition) is 1. The van der Waals surface area contributed by atoms with E-state index in [0.717, 1.165) is 26.2 Å². The maximum Gasteiger partial charge on any atom is 0.264 e. The standard InChI is InChI=1S/C8H14N2O.C3H8O3S/c1-3-8(11)10-6-4-9(2)5-7-10;1-2-3-7(4,5)6/h3H,1,4-7H2,2H3;2-3H2,1H3,(H,4,5,6). The number of hydrogen-bond acceptors (Lipinski definition) is 4. The summed E-state index contributed by atoms with van der Waals surface area (Å²) in [4.78, 5) is 15.1. The van der Waals surface area contributed by atoms with Gasteiger partial charge in [0.1, 0.15) is 0 Å². The van der Waals surface area contributed by atoms with Crippen LogP contribution in [0.25, 0.3) is 0 Å². The molecule has 1 aliphatic rings. The lowest BCUT2D eigenvalue weighted by atomic mass is 10.3. The van der Waals surface area contributed by atoms with E-state index in [1.807, 2.05) is 4.90 Å². The number of nitrogens with zero attached hydrogens (tertiary/aromatic N) is 2. The van der Waals surface area contributed by atoms with E-state index in [4.69, 9.17) is 4.55 Å². The van der Waals surface area contributed by atoms with Crippen molar-refractivity contribution in [2.24, 2.45) is 0 Å². The first-order valence-corrected chi connectivity index (χ1v) is 7.46. The highest BCUT2D eigenvalue weighted by molar-refractivity contribution is 7.85. The molecule has 0 radical (unpaired) electrons. The second kappa shape index (κ2) is 8.23. The molecule has 1 fully saturated rings. The molecule has 106 valence electrons. The Hall–Kier alpha value is -0.920. The predicted octanol–water partition coefficient (Wildman–Crippen LogP) is 0.231. The van der Waals surface area contributed by atoms with Crippen LogP contribution < -0.4 is 0 Å². The van der Waals surface area contributed by atoms with E-state index in [1.54, 1.807) is 6.92 Å². The molecule has 0 saturated carbocycles. The molecule has 1 amide bonds. The molecule has 0 aromatic rings. The third-order valence-corrected chi connectivity index (χ3v) is 3.38. The van der Waals surface area contributed by atoms with Crippen LogP contribution in [0.5, 0.6) is 0 Å². The highest BCUT2D eigenvalue weighted by Gasteiger charge is 2.15. The van der Waals surface area contributed by atoms with Gasteiger partial charge >= 0.3 is 0 Å². The van der Waals surface area contributed by atoms with Crippen LogP contribution in [0, 0.1) is 0 Å².